The number of carbonyl (C=O) groups excluding carboxylic acids is 1. The van der Waals surface area contributed by atoms with Crippen LogP contribution in [-0.4, -0.2) is 47.6 Å². The van der Waals surface area contributed by atoms with E-state index in [-0.39, 0.29) is 11.8 Å². The summed E-state index contributed by atoms with van der Waals surface area (Å²) in [5.74, 6) is 0.262. The SMILES string of the molecule is CNCCCN(C)C(=O)c1snnc1C(C)C. The van der Waals surface area contributed by atoms with Gasteiger partial charge in [0.1, 0.15) is 4.88 Å². The Labute approximate surface area is 106 Å². The van der Waals surface area contributed by atoms with Crippen molar-refractivity contribution in [1.82, 2.24) is 19.8 Å². The molecule has 6 heteroatoms. The van der Waals surface area contributed by atoms with Gasteiger partial charge in [0, 0.05) is 13.6 Å². The molecule has 0 radical (unpaired) electrons. The van der Waals surface area contributed by atoms with E-state index in [1.54, 1.807) is 4.90 Å². The van der Waals surface area contributed by atoms with Crippen molar-refractivity contribution in [1.29, 1.82) is 0 Å². The number of hydrogen-bond donors (Lipinski definition) is 1. The van der Waals surface area contributed by atoms with E-state index in [1.165, 1.54) is 11.5 Å². The van der Waals surface area contributed by atoms with Gasteiger partial charge in [-0.25, -0.2) is 0 Å². The molecule has 0 aliphatic rings. The Morgan fingerprint density at radius 1 is 1.53 bits per heavy atom. The fraction of sp³-hybridized carbons (Fsp3) is 0.727. The molecule has 5 nitrogen and oxygen atoms in total. The molecule has 1 rings (SSSR count). The smallest absolute Gasteiger partial charge is 0.267 e. The van der Waals surface area contributed by atoms with Crippen molar-refractivity contribution in [3.05, 3.63) is 10.6 Å². The molecule has 1 N–H and O–H groups in total. The Balaban J connectivity index is 2.65. The highest BCUT2D eigenvalue weighted by molar-refractivity contribution is 7.08. The lowest BCUT2D eigenvalue weighted by atomic mass is 10.1. The van der Waals surface area contributed by atoms with Gasteiger partial charge < -0.3 is 10.2 Å². The lowest BCUT2D eigenvalue weighted by Crippen LogP contribution is -2.29. The molecular weight excluding hydrogens is 236 g/mol. The van der Waals surface area contributed by atoms with E-state index in [0.29, 0.717) is 4.88 Å². The molecule has 0 aromatic carbocycles. The first-order valence-electron chi connectivity index (χ1n) is 5.80. The van der Waals surface area contributed by atoms with Crippen molar-refractivity contribution in [3.8, 4) is 0 Å². The predicted molar refractivity (Wildman–Crippen MR) is 69.5 cm³/mol. The third-order valence-electron chi connectivity index (χ3n) is 2.52. The predicted octanol–water partition coefficient (Wildman–Crippen LogP) is 1.34. The van der Waals surface area contributed by atoms with Crippen LogP contribution in [0.3, 0.4) is 0 Å². The van der Waals surface area contributed by atoms with Crippen LogP contribution in [0, 0.1) is 0 Å². The second-order valence-electron chi connectivity index (χ2n) is 4.33. The van der Waals surface area contributed by atoms with Crippen molar-refractivity contribution in [2.45, 2.75) is 26.2 Å². The molecule has 0 aliphatic carbocycles. The van der Waals surface area contributed by atoms with Gasteiger partial charge in [-0.05, 0) is 37.5 Å². The minimum Gasteiger partial charge on any atom is -0.341 e. The van der Waals surface area contributed by atoms with Crippen molar-refractivity contribution < 1.29 is 4.79 Å². The second-order valence-corrected chi connectivity index (χ2v) is 5.08. The Morgan fingerprint density at radius 3 is 2.82 bits per heavy atom. The van der Waals surface area contributed by atoms with Crippen LogP contribution in [0.5, 0.6) is 0 Å². The number of hydrogen-bond acceptors (Lipinski definition) is 5. The first-order chi connectivity index (χ1) is 8.07. The second kappa shape index (κ2) is 6.66. The normalized spacial score (nSPS) is 10.9. The molecule has 0 spiro atoms. The molecule has 0 fully saturated rings. The van der Waals surface area contributed by atoms with Gasteiger partial charge in [0.25, 0.3) is 5.91 Å². The van der Waals surface area contributed by atoms with E-state index in [0.717, 1.165) is 25.2 Å². The van der Waals surface area contributed by atoms with E-state index in [4.69, 9.17) is 0 Å². The van der Waals surface area contributed by atoms with Crippen molar-refractivity contribution in [2.75, 3.05) is 27.2 Å². The summed E-state index contributed by atoms with van der Waals surface area (Å²) in [6, 6.07) is 0. The minimum absolute atomic E-state index is 0.0276. The lowest BCUT2D eigenvalue weighted by molar-refractivity contribution is 0.0797. The zero-order chi connectivity index (χ0) is 12.8. The van der Waals surface area contributed by atoms with Crippen molar-refractivity contribution in [3.63, 3.8) is 0 Å². The van der Waals surface area contributed by atoms with Crippen LogP contribution in [0.1, 0.15) is 41.6 Å². The summed E-state index contributed by atoms with van der Waals surface area (Å²) < 4.78 is 3.88. The number of nitrogens with one attached hydrogen (secondary N) is 1. The fourth-order valence-electron chi connectivity index (χ4n) is 1.49. The highest BCUT2D eigenvalue weighted by atomic mass is 32.1. The molecule has 1 aromatic heterocycles. The van der Waals surface area contributed by atoms with Gasteiger partial charge >= 0.3 is 0 Å². The van der Waals surface area contributed by atoms with Gasteiger partial charge in [0.2, 0.25) is 0 Å². The Bertz CT molecular complexity index is 364. The average Bonchev–Trinajstić information content (AvgIpc) is 2.77. The van der Waals surface area contributed by atoms with E-state index in [9.17, 15) is 4.79 Å². The van der Waals surface area contributed by atoms with Crippen LogP contribution in [0.2, 0.25) is 0 Å². The molecule has 0 atom stereocenters. The summed E-state index contributed by atoms with van der Waals surface area (Å²) in [6.07, 6.45) is 0.946. The van der Waals surface area contributed by atoms with Crippen LogP contribution in [0.4, 0.5) is 0 Å². The molecular formula is C11H20N4OS. The van der Waals surface area contributed by atoms with Gasteiger partial charge in [0.15, 0.2) is 0 Å². The van der Waals surface area contributed by atoms with E-state index >= 15 is 0 Å². The van der Waals surface area contributed by atoms with E-state index < -0.39 is 0 Å². The maximum atomic E-state index is 12.2. The molecule has 0 aliphatic heterocycles. The van der Waals surface area contributed by atoms with Crippen LogP contribution in [0.15, 0.2) is 0 Å². The number of nitrogens with zero attached hydrogens (tertiary/aromatic N) is 3. The molecule has 1 heterocycles. The summed E-state index contributed by atoms with van der Waals surface area (Å²) in [5.41, 5.74) is 0.806. The van der Waals surface area contributed by atoms with Crippen LogP contribution < -0.4 is 5.32 Å². The Kier molecular flexibility index (Phi) is 5.50. The standard InChI is InChI=1S/C11H20N4OS/c1-8(2)9-10(17-14-13-9)11(16)15(4)7-5-6-12-3/h8,12H,5-7H2,1-4H3. The van der Waals surface area contributed by atoms with Gasteiger partial charge in [0.05, 0.1) is 5.69 Å². The molecule has 0 saturated carbocycles. The number of rotatable bonds is 6. The van der Waals surface area contributed by atoms with Gasteiger partial charge in [-0.1, -0.05) is 18.3 Å². The quantitative estimate of drug-likeness (QED) is 0.780. The van der Waals surface area contributed by atoms with Crippen LogP contribution in [-0.2, 0) is 0 Å². The molecule has 0 bridgehead atoms. The van der Waals surface area contributed by atoms with Crippen LogP contribution >= 0.6 is 11.5 Å². The van der Waals surface area contributed by atoms with Gasteiger partial charge in [-0.3, -0.25) is 4.79 Å². The topological polar surface area (TPSA) is 58.1 Å². The van der Waals surface area contributed by atoms with E-state index in [1.807, 2.05) is 27.9 Å². The van der Waals surface area contributed by atoms with Gasteiger partial charge in [-0.2, -0.15) is 0 Å². The summed E-state index contributed by atoms with van der Waals surface area (Å²) in [4.78, 5) is 14.6. The zero-order valence-electron chi connectivity index (χ0n) is 10.9. The van der Waals surface area contributed by atoms with Crippen molar-refractivity contribution in [2.24, 2.45) is 0 Å². The monoisotopic (exact) mass is 256 g/mol. The van der Waals surface area contributed by atoms with Crippen LogP contribution in [0.25, 0.3) is 0 Å². The Morgan fingerprint density at radius 2 is 2.24 bits per heavy atom. The third-order valence-corrected chi connectivity index (χ3v) is 3.25. The highest BCUT2D eigenvalue weighted by Gasteiger charge is 2.21. The molecule has 17 heavy (non-hydrogen) atoms. The summed E-state index contributed by atoms with van der Waals surface area (Å²) in [5, 5.41) is 7.09. The van der Waals surface area contributed by atoms with Crippen molar-refractivity contribution >= 4 is 17.4 Å². The largest absolute Gasteiger partial charge is 0.341 e. The number of aromatic nitrogens is 2. The first kappa shape index (κ1) is 14.1. The molecule has 1 amide bonds. The van der Waals surface area contributed by atoms with Gasteiger partial charge in [-0.15, -0.1) is 5.10 Å². The maximum Gasteiger partial charge on any atom is 0.267 e. The minimum atomic E-state index is 0.0276. The zero-order valence-corrected chi connectivity index (χ0v) is 11.7. The fourth-order valence-corrected chi connectivity index (χ4v) is 2.31. The summed E-state index contributed by atoms with van der Waals surface area (Å²) in [6.45, 7) is 5.70. The maximum absolute atomic E-state index is 12.2. The Hall–Kier alpha value is -1.01. The molecule has 0 saturated heterocycles. The average molecular weight is 256 g/mol. The lowest BCUT2D eigenvalue weighted by Gasteiger charge is -2.16. The van der Waals surface area contributed by atoms with E-state index in [2.05, 4.69) is 14.9 Å². The first-order valence-corrected chi connectivity index (χ1v) is 6.57. The summed E-state index contributed by atoms with van der Waals surface area (Å²) in [7, 11) is 3.73. The molecule has 96 valence electrons. The number of carbonyl (C=O) groups is 1. The number of amides is 1. The highest BCUT2D eigenvalue weighted by Crippen LogP contribution is 2.20. The third kappa shape index (κ3) is 3.74. The molecule has 1 aromatic rings. The molecule has 0 unspecified atom stereocenters. The summed E-state index contributed by atoms with van der Waals surface area (Å²) >= 11 is 1.19.